The van der Waals surface area contributed by atoms with Crippen LogP contribution in [0.4, 0.5) is 0 Å². The monoisotopic (exact) mass is 384 g/mol. The summed E-state index contributed by atoms with van der Waals surface area (Å²) in [6.07, 6.45) is 3.47. The summed E-state index contributed by atoms with van der Waals surface area (Å²) >= 11 is 0. The summed E-state index contributed by atoms with van der Waals surface area (Å²) in [4.78, 5) is 17.4. The Hall–Kier alpha value is -1.30. The molecule has 2 aliphatic rings. The maximum atomic E-state index is 12.7. The molecule has 2 fully saturated rings. The van der Waals surface area contributed by atoms with Crippen molar-refractivity contribution in [3.8, 4) is 0 Å². The number of hydrogen-bond acceptors (Lipinski definition) is 3. The zero-order chi connectivity index (χ0) is 16.1. The highest BCUT2D eigenvalue weighted by molar-refractivity contribution is 5.85. The summed E-state index contributed by atoms with van der Waals surface area (Å²) in [5, 5.41) is 3.15. The van der Waals surface area contributed by atoms with E-state index in [9.17, 15) is 4.79 Å². The van der Waals surface area contributed by atoms with Crippen LogP contribution >= 0.6 is 24.8 Å². The van der Waals surface area contributed by atoms with E-state index in [1.807, 2.05) is 38.2 Å². The van der Waals surface area contributed by atoms with Crippen molar-refractivity contribution in [3.05, 3.63) is 30.1 Å². The average molecular weight is 385 g/mol. The van der Waals surface area contributed by atoms with Crippen LogP contribution in [-0.4, -0.2) is 21.5 Å². The van der Waals surface area contributed by atoms with E-state index in [1.54, 1.807) is 0 Å². The van der Waals surface area contributed by atoms with Crippen LogP contribution in [0.3, 0.4) is 0 Å². The molecular formula is C18H26Cl2N4O. The molecule has 2 bridgehead atoms. The summed E-state index contributed by atoms with van der Waals surface area (Å²) in [5.74, 6) is 1.98. The first-order valence-electron chi connectivity index (χ1n) is 8.53. The van der Waals surface area contributed by atoms with Crippen LogP contribution in [0.2, 0.25) is 0 Å². The van der Waals surface area contributed by atoms with E-state index in [0.29, 0.717) is 11.8 Å². The number of nitrogens with zero attached hydrogens (tertiary/aromatic N) is 2. The van der Waals surface area contributed by atoms with Gasteiger partial charge in [-0.3, -0.25) is 4.79 Å². The predicted molar refractivity (Wildman–Crippen MR) is 104 cm³/mol. The second-order valence-corrected chi connectivity index (χ2v) is 7.18. The van der Waals surface area contributed by atoms with Crippen LogP contribution < -0.4 is 11.1 Å². The molecule has 1 amide bonds. The van der Waals surface area contributed by atoms with Crippen LogP contribution in [0.1, 0.15) is 38.1 Å². The Morgan fingerprint density at radius 3 is 2.60 bits per heavy atom. The molecule has 4 rings (SSSR count). The molecule has 5 atom stereocenters. The number of imidazole rings is 1. The van der Waals surface area contributed by atoms with Gasteiger partial charge in [0.05, 0.1) is 23.0 Å². The number of aromatic nitrogens is 2. The highest BCUT2D eigenvalue weighted by atomic mass is 35.5. The van der Waals surface area contributed by atoms with Crippen LogP contribution in [0.15, 0.2) is 24.3 Å². The molecule has 0 radical (unpaired) electrons. The quantitative estimate of drug-likeness (QED) is 0.853. The molecule has 1 aromatic heterocycles. The lowest BCUT2D eigenvalue weighted by Gasteiger charge is -2.28. The fourth-order valence-electron chi connectivity index (χ4n) is 4.65. The number of carbonyl (C=O) groups excluding carboxylic acids is 1. The summed E-state index contributed by atoms with van der Waals surface area (Å²) < 4.78 is 2.06. The summed E-state index contributed by atoms with van der Waals surface area (Å²) in [5.41, 5.74) is 8.33. The van der Waals surface area contributed by atoms with E-state index >= 15 is 0 Å². The van der Waals surface area contributed by atoms with E-state index in [0.717, 1.165) is 29.7 Å². The molecule has 25 heavy (non-hydrogen) atoms. The largest absolute Gasteiger partial charge is 0.346 e. The van der Waals surface area contributed by atoms with Gasteiger partial charge in [0.25, 0.3) is 0 Å². The predicted octanol–water partition coefficient (Wildman–Crippen LogP) is 2.97. The number of carbonyl (C=O) groups is 1. The number of rotatable bonds is 3. The van der Waals surface area contributed by atoms with Crippen molar-refractivity contribution in [3.63, 3.8) is 0 Å². The lowest BCUT2D eigenvalue weighted by molar-refractivity contribution is -0.127. The molecule has 0 spiro atoms. The number of nitrogens with two attached hydrogens (primary N) is 1. The van der Waals surface area contributed by atoms with Crippen molar-refractivity contribution in [2.75, 3.05) is 0 Å². The lowest BCUT2D eigenvalue weighted by atomic mass is 9.84. The van der Waals surface area contributed by atoms with E-state index in [2.05, 4.69) is 14.9 Å². The van der Waals surface area contributed by atoms with Crippen molar-refractivity contribution in [2.24, 2.45) is 30.5 Å². The molecular weight excluding hydrogens is 359 g/mol. The molecule has 5 nitrogen and oxygen atoms in total. The molecule has 0 aliphatic heterocycles. The number of benzene rings is 1. The summed E-state index contributed by atoms with van der Waals surface area (Å²) in [7, 11) is 2.00. The smallest absolute Gasteiger partial charge is 0.225 e. The van der Waals surface area contributed by atoms with Crippen LogP contribution in [0.5, 0.6) is 0 Å². The van der Waals surface area contributed by atoms with Gasteiger partial charge in [-0.2, -0.15) is 0 Å². The third-order valence-electron chi connectivity index (χ3n) is 5.85. The molecule has 7 heteroatoms. The van der Waals surface area contributed by atoms with E-state index in [1.165, 1.54) is 6.42 Å². The maximum absolute atomic E-state index is 12.7. The van der Waals surface area contributed by atoms with E-state index in [4.69, 9.17) is 5.73 Å². The van der Waals surface area contributed by atoms with Crippen LogP contribution in [-0.2, 0) is 11.8 Å². The zero-order valence-electron chi connectivity index (χ0n) is 14.5. The Bertz CT molecular complexity index is 761. The maximum Gasteiger partial charge on any atom is 0.225 e. The van der Waals surface area contributed by atoms with Gasteiger partial charge in [0.1, 0.15) is 5.82 Å². The second kappa shape index (κ2) is 7.52. The highest BCUT2D eigenvalue weighted by Crippen LogP contribution is 2.47. The first kappa shape index (κ1) is 20.0. The van der Waals surface area contributed by atoms with Crippen molar-refractivity contribution >= 4 is 41.8 Å². The average Bonchev–Trinajstić information content (AvgIpc) is 3.21. The Morgan fingerprint density at radius 1 is 1.28 bits per heavy atom. The highest BCUT2D eigenvalue weighted by Gasteiger charge is 2.49. The standard InChI is InChI=1S/C18H24N4O.2ClH/c1-10(17-21-13-5-3-4-6-14(13)22(17)2)20-18(23)15-11-7-8-12(9-11)16(15)19;;/h3-6,10-12,15-16H,7-9,19H2,1-2H3,(H,20,23);2*1H. The molecule has 1 heterocycles. The third kappa shape index (κ3) is 3.25. The Kier molecular flexibility index (Phi) is 6.02. The van der Waals surface area contributed by atoms with Crippen LogP contribution in [0.25, 0.3) is 11.0 Å². The Morgan fingerprint density at radius 2 is 1.96 bits per heavy atom. The normalized spacial score (nSPS) is 28.3. The minimum Gasteiger partial charge on any atom is -0.346 e. The molecule has 3 N–H and O–H groups in total. The lowest BCUT2D eigenvalue weighted by Crippen LogP contribution is -2.46. The van der Waals surface area contributed by atoms with Crippen molar-refractivity contribution in [2.45, 2.75) is 38.3 Å². The molecule has 2 aromatic rings. The number of para-hydroxylation sites is 2. The molecule has 2 saturated carbocycles. The van der Waals surface area contributed by atoms with Crippen molar-refractivity contribution < 1.29 is 4.79 Å². The summed E-state index contributed by atoms with van der Waals surface area (Å²) in [6, 6.07) is 7.94. The van der Waals surface area contributed by atoms with Gasteiger partial charge < -0.3 is 15.6 Å². The Balaban J connectivity index is 0.00000113. The minimum atomic E-state index is -0.119. The number of amides is 1. The Labute approximate surface area is 160 Å². The van der Waals surface area contributed by atoms with Gasteiger partial charge in [-0.25, -0.2) is 4.98 Å². The molecule has 138 valence electrons. The van der Waals surface area contributed by atoms with Gasteiger partial charge in [0.15, 0.2) is 0 Å². The first-order valence-corrected chi connectivity index (χ1v) is 8.53. The SMILES string of the molecule is CC(NC(=O)C1C2CCC(C2)C1N)c1nc2ccccc2n1C.Cl.Cl. The number of hydrogen-bond donors (Lipinski definition) is 2. The number of halogens is 2. The third-order valence-corrected chi connectivity index (χ3v) is 5.85. The fraction of sp³-hybridized carbons (Fsp3) is 0.556. The number of aryl methyl sites for hydroxylation is 1. The molecule has 1 aromatic carbocycles. The number of fused-ring (bicyclic) bond motifs is 3. The molecule has 0 saturated heterocycles. The second-order valence-electron chi connectivity index (χ2n) is 7.18. The van der Waals surface area contributed by atoms with Gasteiger partial charge in [-0.15, -0.1) is 24.8 Å². The molecule has 5 unspecified atom stereocenters. The van der Waals surface area contributed by atoms with Gasteiger partial charge in [0, 0.05) is 13.1 Å². The van der Waals surface area contributed by atoms with E-state index < -0.39 is 0 Å². The van der Waals surface area contributed by atoms with Crippen LogP contribution in [0, 0.1) is 17.8 Å². The summed E-state index contributed by atoms with van der Waals surface area (Å²) in [6.45, 7) is 2.00. The van der Waals surface area contributed by atoms with Gasteiger partial charge in [0.2, 0.25) is 5.91 Å². The number of nitrogens with one attached hydrogen (secondary N) is 1. The van der Waals surface area contributed by atoms with Gasteiger partial charge in [-0.1, -0.05) is 12.1 Å². The topological polar surface area (TPSA) is 72.9 Å². The first-order chi connectivity index (χ1) is 11.1. The van der Waals surface area contributed by atoms with Crippen molar-refractivity contribution in [1.82, 2.24) is 14.9 Å². The fourth-order valence-corrected chi connectivity index (χ4v) is 4.65. The minimum absolute atomic E-state index is 0. The van der Waals surface area contributed by atoms with Gasteiger partial charge in [-0.05, 0) is 50.2 Å². The van der Waals surface area contributed by atoms with Gasteiger partial charge >= 0.3 is 0 Å². The van der Waals surface area contributed by atoms with Crippen molar-refractivity contribution in [1.29, 1.82) is 0 Å². The zero-order valence-corrected chi connectivity index (χ0v) is 16.1. The van der Waals surface area contributed by atoms with E-state index in [-0.39, 0.29) is 48.7 Å². The molecule has 2 aliphatic carbocycles.